The van der Waals surface area contributed by atoms with Crippen molar-refractivity contribution in [2.24, 2.45) is 0 Å². The van der Waals surface area contributed by atoms with Gasteiger partial charge in [0.1, 0.15) is 11.5 Å². The molecule has 0 unspecified atom stereocenters. The van der Waals surface area contributed by atoms with Gasteiger partial charge in [0.25, 0.3) is 6.47 Å². The molecule has 0 aliphatic rings. The first-order valence-electron chi connectivity index (χ1n) is 6.79. The van der Waals surface area contributed by atoms with Crippen molar-refractivity contribution in [2.75, 3.05) is 0 Å². The molecule has 0 saturated heterocycles. The summed E-state index contributed by atoms with van der Waals surface area (Å²) in [5.41, 5.74) is 2.55. The molecule has 0 amide bonds. The molecule has 0 atom stereocenters. The number of ether oxygens (including phenoxy) is 1. The van der Waals surface area contributed by atoms with Gasteiger partial charge in [-0.05, 0) is 23.3 Å². The third-order valence-corrected chi connectivity index (χ3v) is 2.88. The van der Waals surface area contributed by atoms with Crippen molar-refractivity contribution in [1.82, 2.24) is 0 Å². The summed E-state index contributed by atoms with van der Waals surface area (Å²) in [5, 5.41) is 8.84. The van der Waals surface area contributed by atoms with Crippen molar-refractivity contribution in [3.63, 3.8) is 0 Å². The Morgan fingerprint density at radius 2 is 1.27 bits per heavy atom. The van der Waals surface area contributed by atoms with Crippen LogP contribution in [0.15, 0.2) is 84.9 Å². The zero-order chi connectivity index (χ0) is 15.6. The number of phenols is 1. The second kappa shape index (κ2) is 8.27. The highest BCUT2D eigenvalue weighted by atomic mass is 16.5. The Hall–Kier alpha value is -3.07. The van der Waals surface area contributed by atoms with Crippen molar-refractivity contribution in [3.8, 4) is 22.6 Å². The summed E-state index contributed by atoms with van der Waals surface area (Å²) in [6, 6.07) is 26.8. The minimum Gasteiger partial charge on any atom is -0.508 e. The number of benzene rings is 3. The lowest BCUT2D eigenvalue weighted by Gasteiger charge is -1.98. The highest BCUT2D eigenvalue weighted by Crippen LogP contribution is 2.17. The maximum absolute atomic E-state index is 9.78. The fraction of sp³-hybridized carbons (Fsp3) is 0. The Balaban J connectivity index is 0.000000164. The first kappa shape index (κ1) is 15.3. The van der Waals surface area contributed by atoms with E-state index in [-0.39, 0.29) is 5.75 Å². The number of aromatic hydroxyl groups is 1. The Labute approximate surface area is 129 Å². The van der Waals surface area contributed by atoms with E-state index in [4.69, 9.17) is 5.11 Å². The molecule has 0 saturated carbocycles. The molecule has 3 aromatic carbocycles. The molecular weight excluding hydrogens is 276 g/mol. The average molecular weight is 292 g/mol. The van der Waals surface area contributed by atoms with Crippen molar-refractivity contribution < 1.29 is 14.6 Å². The highest BCUT2D eigenvalue weighted by molar-refractivity contribution is 5.62. The van der Waals surface area contributed by atoms with Crippen LogP contribution in [0.2, 0.25) is 0 Å². The van der Waals surface area contributed by atoms with E-state index in [0.29, 0.717) is 12.2 Å². The molecule has 0 fully saturated rings. The van der Waals surface area contributed by atoms with Crippen LogP contribution in [0.5, 0.6) is 11.5 Å². The van der Waals surface area contributed by atoms with Gasteiger partial charge in [0.15, 0.2) is 0 Å². The smallest absolute Gasteiger partial charge is 0.298 e. The van der Waals surface area contributed by atoms with Crippen LogP contribution in [-0.4, -0.2) is 11.6 Å². The maximum atomic E-state index is 9.78. The third-order valence-electron chi connectivity index (χ3n) is 2.88. The summed E-state index contributed by atoms with van der Waals surface area (Å²) in [6.45, 7) is 0.314. The van der Waals surface area contributed by atoms with E-state index in [9.17, 15) is 4.79 Å². The van der Waals surface area contributed by atoms with Crippen LogP contribution in [0.1, 0.15) is 0 Å². The Morgan fingerprint density at radius 1 is 0.727 bits per heavy atom. The van der Waals surface area contributed by atoms with Crippen LogP contribution in [-0.2, 0) is 4.79 Å². The summed E-state index contributed by atoms with van der Waals surface area (Å²) < 4.78 is 4.45. The number of carbonyl (C=O) groups excluding carboxylic acids is 1. The van der Waals surface area contributed by atoms with Gasteiger partial charge in [-0.3, -0.25) is 4.79 Å². The van der Waals surface area contributed by atoms with Crippen molar-refractivity contribution in [1.29, 1.82) is 0 Å². The first-order valence-corrected chi connectivity index (χ1v) is 6.79. The molecule has 3 nitrogen and oxygen atoms in total. The van der Waals surface area contributed by atoms with Gasteiger partial charge in [-0.2, -0.15) is 0 Å². The van der Waals surface area contributed by atoms with Crippen LogP contribution in [0.3, 0.4) is 0 Å². The molecule has 1 N–H and O–H groups in total. The molecule has 0 heterocycles. The Morgan fingerprint density at radius 3 is 1.73 bits per heavy atom. The molecule has 0 spiro atoms. The van der Waals surface area contributed by atoms with Gasteiger partial charge in [-0.25, -0.2) is 0 Å². The summed E-state index contributed by atoms with van der Waals surface area (Å²) in [7, 11) is 0. The third kappa shape index (κ3) is 4.80. The molecule has 0 bridgehead atoms. The highest BCUT2D eigenvalue weighted by Gasteiger charge is 1.92. The summed E-state index contributed by atoms with van der Waals surface area (Å²) in [5.74, 6) is 0.425. The first-order chi connectivity index (χ1) is 10.8. The van der Waals surface area contributed by atoms with Crippen LogP contribution >= 0.6 is 0 Å². The summed E-state index contributed by atoms with van der Waals surface area (Å²) >= 11 is 0. The van der Waals surface area contributed by atoms with E-state index in [0.717, 1.165) is 0 Å². The van der Waals surface area contributed by atoms with Crippen LogP contribution in [0, 0.1) is 0 Å². The normalized spacial score (nSPS) is 9.27. The molecule has 3 rings (SSSR count). The van der Waals surface area contributed by atoms with E-state index in [1.54, 1.807) is 12.1 Å². The predicted octanol–water partition coefficient (Wildman–Crippen LogP) is 4.28. The number of hydrogen-bond acceptors (Lipinski definition) is 3. The lowest BCUT2D eigenvalue weighted by atomic mass is 10.1. The number of rotatable bonds is 3. The van der Waals surface area contributed by atoms with Gasteiger partial charge < -0.3 is 9.84 Å². The summed E-state index contributed by atoms with van der Waals surface area (Å²) in [4.78, 5) is 9.78. The summed E-state index contributed by atoms with van der Waals surface area (Å²) in [6.07, 6.45) is 0. The predicted molar refractivity (Wildman–Crippen MR) is 86.7 cm³/mol. The monoisotopic (exact) mass is 292 g/mol. The van der Waals surface area contributed by atoms with Gasteiger partial charge in [-0.1, -0.05) is 66.7 Å². The second-order valence-corrected chi connectivity index (χ2v) is 4.44. The van der Waals surface area contributed by atoms with Crippen LogP contribution in [0.25, 0.3) is 11.1 Å². The van der Waals surface area contributed by atoms with Gasteiger partial charge >= 0.3 is 0 Å². The van der Waals surface area contributed by atoms with Gasteiger partial charge in [0, 0.05) is 6.07 Å². The Kier molecular flexibility index (Phi) is 5.76. The SMILES string of the molecule is O=COc1cccc(O)c1.c1ccc(-c2ccccc2)cc1. The molecule has 0 aliphatic carbocycles. The second-order valence-electron chi connectivity index (χ2n) is 4.44. The molecule has 0 aliphatic heterocycles. The van der Waals surface area contributed by atoms with E-state index in [1.165, 1.54) is 23.3 Å². The van der Waals surface area contributed by atoms with E-state index >= 15 is 0 Å². The van der Waals surface area contributed by atoms with Crippen molar-refractivity contribution in [3.05, 3.63) is 84.9 Å². The number of carbonyl (C=O) groups is 1. The van der Waals surface area contributed by atoms with Gasteiger partial charge in [-0.15, -0.1) is 0 Å². The lowest BCUT2D eigenvalue weighted by Crippen LogP contribution is -1.86. The number of phenolic OH excluding ortho intramolecular Hbond substituents is 1. The maximum Gasteiger partial charge on any atom is 0.298 e. The molecule has 0 radical (unpaired) electrons. The van der Waals surface area contributed by atoms with E-state index < -0.39 is 0 Å². The molecule has 110 valence electrons. The van der Waals surface area contributed by atoms with E-state index in [2.05, 4.69) is 53.3 Å². The molecule has 3 heteroatoms. The van der Waals surface area contributed by atoms with Crippen molar-refractivity contribution >= 4 is 6.47 Å². The largest absolute Gasteiger partial charge is 0.508 e. The lowest BCUT2D eigenvalue weighted by molar-refractivity contribution is -0.120. The van der Waals surface area contributed by atoms with Crippen LogP contribution in [0.4, 0.5) is 0 Å². The molecule has 3 aromatic rings. The zero-order valence-corrected chi connectivity index (χ0v) is 11.9. The van der Waals surface area contributed by atoms with Crippen molar-refractivity contribution in [2.45, 2.75) is 0 Å². The average Bonchev–Trinajstić information content (AvgIpc) is 2.58. The molecular formula is C19H16O3. The fourth-order valence-electron chi connectivity index (χ4n) is 1.87. The number of hydrogen-bond donors (Lipinski definition) is 1. The standard InChI is InChI=1S/C12H10.C7H6O3/c1-3-7-11(8-4-1)12-9-5-2-6-10-12;8-5-10-7-3-1-2-6(9)4-7/h1-10H;1-5,9H. The van der Waals surface area contributed by atoms with Crippen LogP contribution < -0.4 is 4.74 Å². The fourth-order valence-corrected chi connectivity index (χ4v) is 1.87. The quantitative estimate of drug-likeness (QED) is 0.733. The minimum atomic E-state index is 0.0827. The molecule has 22 heavy (non-hydrogen) atoms. The molecule has 0 aromatic heterocycles. The van der Waals surface area contributed by atoms with E-state index in [1.807, 2.05) is 12.1 Å². The minimum absolute atomic E-state index is 0.0827. The Bertz CT molecular complexity index is 657. The van der Waals surface area contributed by atoms with Gasteiger partial charge in [0.05, 0.1) is 0 Å². The van der Waals surface area contributed by atoms with Gasteiger partial charge in [0.2, 0.25) is 0 Å². The zero-order valence-electron chi connectivity index (χ0n) is 11.9. The topological polar surface area (TPSA) is 46.5 Å².